The van der Waals surface area contributed by atoms with Crippen molar-refractivity contribution in [2.24, 2.45) is 0 Å². The summed E-state index contributed by atoms with van der Waals surface area (Å²) in [6.45, 7) is 0.419. The lowest BCUT2D eigenvalue weighted by Gasteiger charge is -2.09. The van der Waals surface area contributed by atoms with E-state index >= 15 is 0 Å². The Balaban J connectivity index is 2.16. The predicted octanol–water partition coefficient (Wildman–Crippen LogP) is 2.53. The Morgan fingerprint density at radius 3 is 2.74 bits per heavy atom. The van der Waals surface area contributed by atoms with Crippen molar-refractivity contribution < 1.29 is 9.53 Å². The van der Waals surface area contributed by atoms with Crippen molar-refractivity contribution in [1.29, 1.82) is 0 Å². The van der Waals surface area contributed by atoms with Gasteiger partial charge in [0.1, 0.15) is 0 Å². The fourth-order valence-electron chi connectivity index (χ4n) is 1.55. The van der Waals surface area contributed by atoms with Crippen molar-refractivity contribution in [3.8, 4) is 0 Å². The Labute approximate surface area is 115 Å². The number of rotatable bonds is 4. The second kappa shape index (κ2) is 6.26. The van der Waals surface area contributed by atoms with Gasteiger partial charge in [0.25, 0.3) is 5.91 Å². The Morgan fingerprint density at radius 1 is 1.26 bits per heavy atom. The summed E-state index contributed by atoms with van der Waals surface area (Å²) in [4.78, 5) is 12.0. The van der Waals surface area contributed by atoms with Crippen LogP contribution in [0.25, 0.3) is 0 Å². The van der Waals surface area contributed by atoms with Crippen LogP contribution in [-0.4, -0.2) is 23.2 Å². The molecule has 0 aliphatic carbocycles. The molecule has 0 unspecified atom stereocenters. The zero-order valence-corrected chi connectivity index (χ0v) is 11.0. The SMILES string of the molecule is COCc1ccccc1NC(=O)c1ccc(Cl)nn1. The summed E-state index contributed by atoms with van der Waals surface area (Å²) < 4.78 is 5.07. The van der Waals surface area contributed by atoms with E-state index in [9.17, 15) is 4.79 Å². The molecule has 0 spiro atoms. The van der Waals surface area contributed by atoms with Gasteiger partial charge in [-0.25, -0.2) is 0 Å². The molecule has 0 fully saturated rings. The third-order valence-corrected chi connectivity index (χ3v) is 2.63. The van der Waals surface area contributed by atoms with Gasteiger partial charge in [0.15, 0.2) is 10.8 Å². The van der Waals surface area contributed by atoms with Gasteiger partial charge in [0, 0.05) is 18.4 Å². The zero-order valence-electron chi connectivity index (χ0n) is 10.3. The maximum atomic E-state index is 12.0. The minimum absolute atomic E-state index is 0.205. The van der Waals surface area contributed by atoms with E-state index in [1.54, 1.807) is 13.2 Å². The van der Waals surface area contributed by atoms with Crippen LogP contribution in [0.15, 0.2) is 36.4 Å². The molecular formula is C13H12ClN3O2. The molecule has 1 heterocycles. The van der Waals surface area contributed by atoms with Crippen LogP contribution >= 0.6 is 11.6 Å². The summed E-state index contributed by atoms with van der Waals surface area (Å²) in [5.74, 6) is -0.340. The van der Waals surface area contributed by atoms with Gasteiger partial charge in [0.05, 0.1) is 6.61 Å². The number of hydrogen-bond donors (Lipinski definition) is 1. The number of nitrogens with one attached hydrogen (secondary N) is 1. The monoisotopic (exact) mass is 277 g/mol. The maximum absolute atomic E-state index is 12.0. The minimum atomic E-state index is -0.340. The highest BCUT2D eigenvalue weighted by molar-refractivity contribution is 6.29. The van der Waals surface area contributed by atoms with Crippen LogP contribution in [0.3, 0.4) is 0 Å². The van der Waals surface area contributed by atoms with Crippen molar-refractivity contribution in [3.63, 3.8) is 0 Å². The van der Waals surface area contributed by atoms with E-state index in [1.165, 1.54) is 12.1 Å². The molecule has 0 radical (unpaired) electrons. The average molecular weight is 278 g/mol. The number of hydrogen-bond acceptors (Lipinski definition) is 4. The van der Waals surface area contributed by atoms with E-state index in [2.05, 4.69) is 15.5 Å². The summed E-state index contributed by atoms with van der Waals surface area (Å²) in [6, 6.07) is 10.4. The van der Waals surface area contributed by atoms with Gasteiger partial charge in [-0.15, -0.1) is 10.2 Å². The van der Waals surface area contributed by atoms with Gasteiger partial charge >= 0.3 is 0 Å². The van der Waals surface area contributed by atoms with E-state index in [-0.39, 0.29) is 16.8 Å². The summed E-state index contributed by atoms with van der Waals surface area (Å²) in [5.41, 5.74) is 1.78. The lowest BCUT2D eigenvalue weighted by atomic mass is 10.2. The van der Waals surface area contributed by atoms with E-state index in [4.69, 9.17) is 16.3 Å². The van der Waals surface area contributed by atoms with E-state index < -0.39 is 0 Å². The molecule has 0 atom stereocenters. The summed E-state index contributed by atoms with van der Waals surface area (Å²) in [6.07, 6.45) is 0. The predicted molar refractivity (Wildman–Crippen MR) is 72.2 cm³/mol. The smallest absolute Gasteiger partial charge is 0.276 e. The number of carbonyl (C=O) groups excluding carboxylic acids is 1. The molecule has 2 aromatic rings. The second-order valence-corrected chi connectivity index (χ2v) is 4.17. The Kier molecular flexibility index (Phi) is 4.43. The lowest BCUT2D eigenvalue weighted by molar-refractivity contribution is 0.102. The van der Waals surface area contributed by atoms with Gasteiger partial charge < -0.3 is 10.1 Å². The third-order valence-electron chi connectivity index (χ3n) is 2.43. The summed E-state index contributed by atoms with van der Waals surface area (Å²) in [5, 5.41) is 10.4. The topological polar surface area (TPSA) is 64.1 Å². The van der Waals surface area contributed by atoms with E-state index in [0.717, 1.165) is 5.56 Å². The number of anilines is 1. The second-order valence-electron chi connectivity index (χ2n) is 3.79. The van der Waals surface area contributed by atoms with Crippen LogP contribution in [0.1, 0.15) is 16.1 Å². The van der Waals surface area contributed by atoms with Crippen LogP contribution in [-0.2, 0) is 11.3 Å². The first-order valence-electron chi connectivity index (χ1n) is 5.58. The first-order valence-corrected chi connectivity index (χ1v) is 5.96. The van der Waals surface area contributed by atoms with Crippen LogP contribution in [0.4, 0.5) is 5.69 Å². The highest BCUT2D eigenvalue weighted by Gasteiger charge is 2.10. The fraction of sp³-hybridized carbons (Fsp3) is 0.154. The van der Waals surface area contributed by atoms with Crippen LogP contribution in [0, 0.1) is 0 Å². The molecular weight excluding hydrogens is 266 g/mol. The van der Waals surface area contributed by atoms with Crippen LogP contribution in [0.2, 0.25) is 5.15 Å². The summed E-state index contributed by atoms with van der Waals surface area (Å²) in [7, 11) is 1.60. The standard InChI is InChI=1S/C13H12ClN3O2/c1-19-8-9-4-2-3-5-10(9)15-13(18)11-6-7-12(14)17-16-11/h2-7H,8H2,1H3,(H,15,18). The molecule has 19 heavy (non-hydrogen) atoms. The number of benzene rings is 1. The molecule has 1 amide bonds. The van der Waals surface area contributed by atoms with Crippen molar-refractivity contribution in [3.05, 3.63) is 52.8 Å². The molecule has 1 N–H and O–H groups in total. The molecule has 1 aromatic carbocycles. The molecule has 0 aliphatic heterocycles. The number of para-hydroxylation sites is 1. The molecule has 5 nitrogen and oxygen atoms in total. The number of amides is 1. The van der Waals surface area contributed by atoms with E-state index in [0.29, 0.717) is 12.3 Å². The molecule has 0 saturated heterocycles. The number of halogens is 1. The van der Waals surface area contributed by atoms with Gasteiger partial charge in [-0.05, 0) is 18.2 Å². The van der Waals surface area contributed by atoms with Gasteiger partial charge in [-0.3, -0.25) is 4.79 Å². The molecule has 0 saturated carbocycles. The van der Waals surface area contributed by atoms with Crippen molar-refractivity contribution in [2.45, 2.75) is 6.61 Å². The Bertz CT molecular complexity index is 572. The number of ether oxygens (including phenoxy) is 1. The fourth-order valence-corrected chi connectivity index (χ4v) is 1.65. The van der Waals surface area contributed by atoms with E-state index in [1.807, 2.05) is 18.2 Å². The van der Waals surface area contributed by atoms with Crippen molar-refractivity contribution >= 4 is 23.2 Å². The zero-order chi connectivity index (χ0) is 13.7. The van der Waals surface area contributed by atoms with Gasteiger partial charge in [-0.2, -0.15) is 0 Å². The Morgan fingerprint density at radius 2 is 2.05 bits per heavy atom. The highest BCUT2D eigenvalue weighted by atomic mass is 35.5. The molecule has 2 rings (SSSR count). The quantitative estimate of drug-likeness (QED) is 0.933. The van der Waals surface area contributed by atoms with Gasteiger partial charge in [0.2, 0.25) is 0 Å². The number of aromatic nitrogens is 2. The average Bonchev–Trinajstić information content (AvgIpc) is 2.42. The maximum Gasteiger partial charge on any atom is 0.276 e. The number of methoxy groups -OCH3 is 1. The van der Waals surface area contributed by atoms with Crippen LogP contribution in [0.5, 0.6) is 0 Å². The largest absolute Gasteiger partial charge is 0.380 e. The first kappa shape index (κ1) is 13.5. The highest BCUT2D eigenvalue weighted by Crippen LogP contribution is 2.16. The molecule has 98 valence electrons. The lowest BCUT2D eigenvalue weighted by Crippen LogP contribution is -2.15. The number of nitrogens with zero attached hydrogens (tertiary/aromatic N) is 2. The van der Waals surface area contributed by atoms with Crippen molar-refractivity contribution in [2.75, 3.05) is 12.4 Å². The van der Waals surface area contributed by atoms with Gasteiger partial charge in [-0.1, -0.05) is 29.8 Å². The van der Waals surface area contributed by atoms with Crippen LogP contribution < -0.4 is 5.32 Å². The first-order chi connectivity index (χ1) is 9.20. The molecule has 0 aliphatic rings. The molecule has 6 heteroatoms. The molecule has 0 bridgehead atoms. The molecule has 1 aromatic heterocycles. The van der Waals surface area contributed by atoms with Crippen molar-refractivity contribution in [1.82, 2.24) is 10.2 Å². The third kappa shape index (κ3) is 3.49. The Hall–Kier alpha value is -1.98. The number of carbonyl (C=O) groups is 1. The minimum Gasteiger partial charge on any atom is -0.380 e. The normalized spacial score (nSPS) is 10.2. The summed E-state index contributed by atoms with van der Waals surface area (Å²) >= 11 is 5.62.